The molecule has 106 valence electrons. The number of fused-ring (bicyclic) bond motifs is 1. The van der Waals surface area contributed by atoms with Gasteiger partial charge in [0.05, 0.1) is 21.1 Å². The second-order valence-electron chi connectivity index (χ2n) is 4.46. The zero-order valence-corrected chi connectivity index (χ0v) is 14.2. The minimum atomic E-state index is -0.751. The Balaban J connectivity index is 1.99. The predicted molar refractivity (Wildman–Crippen MR) is 88.2 cm³/mol. The van der Waals surface area contributed by atoms with E-state index in [9.17, 15) is 5.11 Å². The second-order valence-corrected chi connectivity index (χ2v) is 7.67. The van der Waals surface area contributed by atoms with E-state index in [2.05, 4.69) is 22.6 Å². The molecule has 0 spiro atoms. The van der Waals surface area contributed by atoms with E-state index >= 15 is 0 Å². The molecule has 0 saturated heterocycles. The summed E-state index contributed by atoms with van der Waals surface area (Å²) in [6, 6.07) is 5.45. The van der Waals surface area contributed by atoms with Gasteiger partial charge in [0.25, 0.3) is 0 Å². The standard InChI is InChI=1S/C14H12ClIO3S/c15-10-6-12-11(18-2-1-3-19-12)5-9(10)14(17)8-4-13(16)20-7-8/h4-7,14,17H,1-3H2. The van der Waals surface area contributed by atoms with Crippen LogP contribution in [0.25, 0.3) is 0 Å². The Bertz CT molecular complexity index is 629. The molecule has 0 amide bonds. The van der Waals surface area contributed by atoms with Gasteiger partial charge in [0.1, 0.15) is 6.10 Å². The first-order chi connectivity index (χ1) is 9.65. The maximum atomic E-state index is 10.5. The van der Waals surface area contributed by atoms with E-state index in [0.717, 1.165) is 14.9 Å². The lowest BCUT2D eigenvalue weighted by molar-refractivity contribution is 0.220. The Morgan fingerprint density at radius 3 is 2.55 bits per heavy atom. The van der Waals surface area contributed by atoms with Crippen LogP contribution in [0.15, 0.2) is 23.6 Å². The van der Waals surface area contributed by atoms with Crippen molar-refractivity contribution >= 4 is 45.5 Å². The molecule has 1 aliphatic heterocycles. The van der Waals surface area contributed by atoms with Crippen LogP contribution < -0.4 is 9.47 Å². The molecular formula is C14H12ClIO3S. The van der Waals surface area contributed by atoms with Gasteiger partial charge in [-0.25, -0.2) is 0 Å². The van der Waals surface area contributed by atoms with Crippen molar-refractivity contribution in [2.24, 2.45) is 0 Å². The molecule has 0 saturated carbocycles. The summed E-state index contributed by atoms with van der Waals surface area (Å²) in [5.41, 5.74) is 1.49. The number of ether oxygens (including phenoxy) is 2. The molecule has 2 heterocycles. The highest BCUT2D eigenvalue weighted by atomic mass is 127. The molecular weight excluding hydrogens is 411 g/mol. The molecule has 0 bridgehead atoms. The van der Waals surface area contributed by atoms with Crippen molar-refractivity contribution in [3.05, 3.63) is 42.6 Å². The van der Waals surface area contributed by atoms with Gasteiger partial charge in [-0.2, -0.15) is 0 Å². The van der Waals surface area contributed by atoms with Crippen molar-refractivity contribution in [3.8, 4) is 11.5 Å². The van der Waals surface area contributed by atoms with Crippen LogP contribution in [0, 0.1) is 2.88 Å². The monoisotopic (exact) mass is 422 g/mol. The van der Waals surface area contributed by atoms with E-state index in [1.54, 1.807) is 23.5 Å². The van der Waals surface area contributed by atoms with Gasteiger partial charge in [-0.15, -0.1) is 11.3 Å². The Hall–Kier alpha value is -0.500. The van der Waals surface area contributed by atoms with Crippen LogP contribution in [-0.4, -0.2) is 18.3 Å². The summed E-state index contributed by atoms with van der Waals surface area (Å²) in [5.74, 6) is 1.29. The minimum absolute atomic E-state index is 0.489. The van der Waals surface area contributed by atoms with E-state index in [1.807, 2.05) is 11.4 Å². The van der Waals surface area contributed by atoms with Gasteiger partial charge in [0.15, 0.2) is 11.5 Å². The summed E-state index contributed by atoms with van der Waals surface area (Å²) < 4.78 is 12.4. The molecule has 20 heavy (non-hydrogen) atoms. The summed E-state index contributed by atoms with van der Waals surface area (Å²) in [6.07, 6.45) is 0.0897. The molecule has 0 fully saturated rings. The molecule has 1 N–H and O–H groups in total. The molecule has 0 aliphatic carbocycles. The molecule has 3 rings (SSSR count). The quantitative estimate of drug-likeness (QED) is 0.736. The van der Waals surface area contributed by atoms with Crippen molar-refractivity contribution in [1.29, 1.82) is 0 Å². The minimum Gasteiger partial charge on any atom is -0.490 e. The number of hydrogen-bond donors (Lipinski definition) is 1. The largest absolute Gasteiger partial charge is 0.490 e. The maximum absolute atomic E-state index is 10.5. The lowest BCUT2D eigenvalue weighted by Gasteiger charge is -2.15. The SMILES string of the molecule is OC(c1csc(I)c1)c1cc2c(cc1Cl)OCCCO2. The fraction of sp³-hybridized carbons (Fsp3) is 0.286. The zero-order chi connectivity index (χ0) is 14.1. The lowest BCUT2D eigenvalue weighted by Crippen LogP contribution is -2.01. The zero-order valence-electron chi connectivity index (χ0n) is 10.4. The summed E-state index contributed by atoms with van der Waals surface area (Å²) in [4.78, 5) is 0. The Morgan fingerprint density at radius 2 is 1.90 bits per heavy atom. The highest BCUT2D eigenvalue weighted by Gasteiger charge is 2.20. The van der Waals surface area contributed by atoms with E-state index in [-0.39, 0.29) is 0 Å². The van der Waals surface area contributed by atoms with Crippen LogP contribution in [0.5, 0.6) is 11.5 Å². The number of thiophene rings is 1. The van der Waals surface area contributed by atoms with Crippen molar-refractivity contribution < 1.29 is 14.6 Å². The van der Waals surface area contributed by atoms with Gasteiger partial charge in [0.2, 0.25) is 0 Å². The van der Waals surface area contributed by atoms with E-state index < -0.39 is 6.10 Å². The maximum Gasteiger partial charge on any atom is 0.162 e. The number of halogens is 2. The van der Waals surface area contributed by atoms with Gasteiger partial charge in [-0.3, -0.25) is 0 Å². The van der Waals surface area contributed by atoms with E-state index in [0.29, 0.717) is 35.3 Å². The highest BCUT2D eigenvalue weighted by molar-refractivity contribution is 14.1. The lowest BCUT2D eigenvalue weighted by atomic mass is 10.0. The first kappa shape index (κ1) is 14.4. The average molecular weight is 423 g/mol. The predicted octanol–water partition coefficient (Wildman–Crippen LogP) is 4.25. The van der Waals surface area contributed by atoms with Crippen molar-refractivity contribution in [2.75, 3.05) is 13.2 Å². The summed E-state index contributed by atoms with van der Waals surface area (Å²) in [5, 5.41) is 12.9. The number of aliphatic hydroxyl groups is 1. The summed E-state index contributed by atoms with van der Waals surface area (Å²) in [7, 11) is 0. The van der Waals surface area contributed by atoms with Gasteiger partial charge in [-0.1, -0.05) is 11.6 Å². The third kappa shape index (κ3) is 2.90. The topological polar surface area (TPSA) is 38.7 Å². The summed E-state index contributed by atoms with van der Waals surface area (Å²) >= 11 is 10.1. The Labute approximate surface area is 139 Å². The van der Waals surface area contributed by atoms with Crippen LogP contribution in [0.3, 0.4) is 0 Å². The van der Waals surface area contributed by atoms with E-state index in [1.165, 1.54) is 0 Å². The number of benzene rings is 1. The smallest absolute Gasteiger partial charge is 0.162 e. The van der Waals surface area contributed by atoms with Crippen LogP contribution in [-0.2, 0) is 0 Å². The number of aliphatic hydroxyl groups excluding tert-OH is 1. The Kier molecular flexibility index (Phi) is 4.40. The highest BCUT2D eigenvalue weighted by Crippen LogP contribution is 2.39. The normalized spacial score (nSPS) is 15.8. The van der Waals surface area contributed by atoms with Gasteiger partial charge in [0, 0.05) is 18.1 Å². The molecule has 1 atom stereocenters. The molecule has 2 aromatic rings. The second kappa shape index (κ2) is 6.09. The van der Waals surface area contributed by atoms with Gasteiger partial charge >= 0.3 is 0 Å². The third-order valence-electron chi connectivity index (χ3n) is 3.06. The van der Waals surface area contributed by atoms with E-state index in [4.69, 9.17) is 21.1 Å². The van der Waals surface area contributed by atoms with Crippen LogP contribution in [0.4, 0.5) is 0 Å². The molecule has 0 radical (unpaired) electrons. The third-order valence-corrected chi connectivity index (χ3v) is 5.20. The first-order valence-electron chi connectivity index (χ1n) is 6.16. The molecule has 1 aliphatic rings. The van der Waals surface area contributed by atoms with Crippen LogP contribution in [0.1, 0.15) is 23.7 Å². The number of rotatable bonds is 2. The molecule has 6 heteroatoms. The molecule has 1 aromatic carbocycles. The molecule has 1 aromatic heterocycles. The fourth-order valence-electron chi connectivity index (χ4n) is 2.06. The average Bonchev–Trinajstić information content (AvgIpc) is 2.73. The molecule has 3 nitrogen and oxygen atoms in total. The van der Waals surface area contributed by atoms with Crippen molar-refractivity contribution in [1.82, 2.24) is 0 Å². The fourth-order valence-corrected chi connectivity index (χ4v) is 3.70. The van der Waals surface area contributed by atoms with Crippen molar-refractivity contribution in [3.63, 3.8) is 0 Å². The Morgan fingerprint density at radius 1 is 1.20 bits per heavy atom. The van der Waals surface area contributed by atoms with Crippen LogP contribution in [0.2, 0.25) is 5.02 Å². The van der Waals surface area contributed by atoms with Crippen molar-refractivity contribution in [2.45, 2.75) is 12.5 Å². The van der Waals surface area contributed by atoms with Crippen LogP contribution >= 0.6 is 45.5 Å². The number of hydrogen-bond acceptors (Lipinski definition) is 4. The first-order valence-corrected chi connectivity index (χ1v) is 8.50. The van der Waals surface area contributed by atoms with Gasteiger partial charge in [-0.05, 0) is 45.7 Å². The summed E-state index contributed by atoms with van der Waals surface area (Å²) in [6.45, 7) is 1.23. The molecule has 1 unspecified atom stereocenters. The van der Waals surface area contributed by atoms with Gasteiger partial charge < -0.3 is 14.6 Å².